The van der Waals surface area contributed by atoms with Gasteiger partial charge in [0.05, 0.1) is 5.92 Å². The quantitative estimate of drug-likeness (QED) is 0.542. The van der Waals surface area contributed by atoms with Crippen molar-refractivity contribution >= 4 is 36.3 Å². The molecule has 6 heteroatoms. The number of rotatable bonds is 7. The summed E-state index contributed by atoms with van der Waals surface area (Å²) in [6.07, 6.45) is -1.07. The zero-order valence-corrected chi connectivity index (χ0v) is 11.4. The maximum atomic E-state index is 11.4. The number of aliphatic carboxylic acids is 1. The van der Waals surface area contributed by atoms with Crippen molar-refractivity contribution in [2.75, 3.05) is 11.5 Å². The largest absolute Gasteiger partial charge is 0.478 e. The first-order chi connectivity index (χ1) is 7.38. The van der Waals surface area contributed by atoms with Crippen LogP contribution in [0.1, 0.15) is 20.8 Å². The monoisotopic (exact) mass is 266 g/mol. The van der Waals surface area contributed by atoms with E-state index in [-0.39, 0.29) is 11.7 Å². The first kappa shape index (κ1) is 15.6. The van der Waals surface area contributed by atoms with Crippen molar-refractivity contribution < 1.29 is 19.4 Å². The van der Waals surface area contributed by atoms with Gasteiger partial charge in [-0.3, -0.25) is 4.79 Å². The third kappa shape index (κ3) is 6.27. The molecule has 0 saturated carbocycles. The van der Waals surface area contributed by atoms with Crippen molar-refractivity contribution in [3.8, 4) is 0 Å². The van der Waals surface area contributed by atoms with Gasteiger partial charge < -0.3 is 9.84 Å². The van der Waals surface area contributed by atoms with Crippen LogP contribution >= 0.6 is 24.4 Å². The van der Waals surface area contributed by atoms with E-state index in [2.05, 4.69) is 12.6 Å². The fourth-order valence-electron chi connectivity index (χ4n) is 0.766. The minimum Gasteiger partial charge on any atom is -0.478 e. The molecule has 0 aliphatic heterocycles. The Labute approximate surface area is 106 Å². The number of carboxylic acids is 1. The van der Waals surface area contributed by atoms with E-state index < -0.39 is 18.0 Å². The third-order valence-corrected chi connectivity index (χ3v) is 3.50. The SMILES string of the molecule is CC(C)SC[C@H](OC(=O)[C@H](C)CS)C(=O)O. The molecule has 0 aliphatic carbocycles. The number of carboxylic acid groups (broad SMARTS) is 1. The maximum absolute atomic E-state index is 11.4. The summed E-state index contributed by atoms with van der Waals surface area (Å²) in [5.74, 6) is -1.37. The molecule has 0 bridgehead atoms. The van der Waals surface area contributed by atoms with E-state index in [0.717, 1.165) is 0 Å². The Morgan fingerprint density at radius 3 is 2.31 bits per heavy atom. The predicted octanol–water partition coefficient (Wildman–Crippen LogP) is 1.69. The van der Waals surface area contributed by atoms with Crippen LogP contribution < -0.4 is 0 Å². The van der Waals surface area contributed by atoms with Crippen molar-refractivity contribution in [3.63, 3.8) is 0 Å². The van der Waals surface area contributed by atoms with Crippen LogP contribution in [0.2, 0.25) is 0 Å². The normalized spacial score (nSPS) is 14.6. The molecule has 16 heavy (non-hydrogen) atoms. The fraction of sp³-hybridized carbons (Fsp3) is 0.800. The summed E-state index contributed by atoms with van der Waals surface area (Å²) in [6.45, 7) is 5.58. The number of esters is 1. The summed E-state index contributed by atoms with van der Waals surface area (Å²) < 4.78 is 4.91. The molecule has 1 N–H and O–H groups in total. The van der Waals surface area contributed by atoms with Gasteiger partial charge in [-0.25, -0.2) is 4.79 Å². The Kier molecular flexibility index (Phi) is 7.66. The lowest BCUT2D eigenvalue weighted by molar-refractivity contribution is -0.164. The summed E-state index contributed by atoms with van der Waals surface area (Å²) in [5.41, 5.74) is 0. The molecule has 0 aromatic rings. The second-order valence-corrected chi connectivity index (χ2v) is 5.70. The van der Waals surface area contributed by atoms with Crippen LogP contribution in [0.25, 0.3) is 0 Å². The van der Waals surface area contributed by atoms with Gasteiger partial charge in [0.2, 0.25) is 6.10 Å². The fourth-order valence-corrected chi connectivity index (χ4v) is 1.69. The molecule has 0 aromatic carbocycles. The second-order valence-electron chi connectivity index (χ2n) is 3.73. The number of thiol groups is 1. The minimum absolute atomic E-state index is 0.276. The van der Waals surface area contributed by atoms with Crippen LogP contribution in [-0.4, -0.2) is 39.9 Å². The van der Waals surface area contributed by atoms with Crippen molar-refractivity contribution in [2.24, 2.45) is 5.92 Å². The van der Waals surface area contributed by atoms with E-state index in [1.54, 1.807) is 6.92 Å². The van der Waals surface area contributed by atoms with Gasteiger partial charge in [-0.05, 0) is 5.25 Å². The van der Waals surface area contributed by atoms with Gasteiger partial charge in [-0.2, -0.15) is 24.4 Å². The molecule has 0 rings (SSSR count). The van der Waals surface area contributed by atoms with Gasteiger partial charge in [-0.1, -0.05) is 20.8 Å². The minimum atomic E-state index is -1.10. The molecule has 94 valence electrons. The Morgan fingerprint density at radius 2 is 1.94 bits per heavy atom. The van der Waals surface area contributed by atoms with Gasteiger partial charge in [0.25, 0.3) is 0 Å². The van der Waals surface area contributed by atoms with E-state index in [0.29, 0.717) is 11.0 Å². The van der Waals surface area contributed by atoms with Gasteiger partial charge in [-0.15, -0.1) is 0 Å². The van der Waals surface area contributed by atoms with E-state index in [4.69, 9.17) is 9.84 Å². The Morgan fingerprint density at radius 1 is 1.38 bits per heavy atom. The molecule has 0 aliphatic rings. The number of carbonyl (C=O) groups is 2. The summed E-state index contributed by atoms with van der Waals surface area (Å²) in [6, 6.07) is 0. The predicted molar refractivity (Wildman–Crippen MR) is 68.1 cm³/mol. The average Bonchev–Trinajstić information content (AvgIpc) is 2.21. The highest BCUT2D eigenvalue weighted by atomic mass is 32.2. The maximum Gasteiger partial charge on any atom is 0.345 e. The Bertz CT molecular complexity index is 243. The summed E-state index contributed by atoms with van der Waals surface area (Å²) in [5, 5.41) is 9.19. The summed E-state index contributed by atoms with van der Waals surface area (Å²) in [4.78, 5) is 22.2. The average molecular weight is 266 g/mol. The van der Waals surface area contributed by atoms with Gasteiger partial charge >= 0.3 is 11.9 Å². The standard InChI is InChI=1S/C10H18O4S2/c1-6(2)16-5-8(9(11)12)14-10(13)7(3)4-15/h6-8,15H,4-5H2,1-3H3,(H,11,12)/t7-,8+/m1/s1. The van der Waals surface area contributed by atoms with Crippen LogP contribution in [0.15, 0.2) is 0 Å². The van der Waals surface area contributed by atoms with Crippen LogP contribution in [0.5, 0.6) is 0 Å². The zero-order chi connectivity index (χ0) is 12.7. The van der Waals surface area contributed by atoms with E-state index in [9.17, 15) is 9.59 Å². The number of hydrogen-bond acceptors (Lipinski definition) is 5. The molecule has 0 saturated heterocycles. The van der Waals surface area contributed by atoms with Crippen LogP contribution in [0.4, 0.5) is 0 Å². The smallest absolute Gasteiger partial charge is 0.345 e. The molecule has 0 aromatic heterocycles. The number of hydrogen-bond donors (Lipinski definition) is 2. The first-order valence-corrected chi connectivity index (χ1v) is 6.72. The molecular formula is C10H18O4S2. The molecular weight excluding hydrogens is 248 g/mol. The molecule has 2 atom stereocenters. The first-order valence-electron chi connectivity index (χ1n) is 5.04. The second kappa shape index (κ2) is 7.84. The third-order valence-electron chi connectivity index (χ3n) is 1.79. The zero-order valence-electron chi connectivity index (χ0n) is 9.67. The Hall–Kier alpha value is -0.360. The van der Waals surface area contributed by atoms with Crippen molar-refractivity contribution in [3.05, 3.63) is 0 Å². The van der Waals surface area contributed by atoms with Crippen molar-refractivity contribution in [2.45, 2.75) is 32.1 Å². The lowest BCUT2D eigenvalue weighted by Crippen LogP contribution is -2.32. The van der Waals surface area contributed by atoms with Gasteiger partial charge in [0, 0.05) is 11.5 Å². The van der Waals surface area contributed by atoms with Crippen LogP contribution in [0, 0.1) is 5.92 Å². The van der Waals surface area contributed by atoms with Crippen molar-refractivity contribution in [1.29, 1.82) is 0 Å². The molecule has 4 nitrogen and oxygen atoms in total. The lowest BCUT2D eigenvalue weighted by Gasteiger charge is -2.16. The highest BCUT2D eigenvalue weighted by Crippen LogP contribution is 2.14. The van der Waals surface area contributed by atoms with Crippen molar-refractivity contribution in [1.82, 2.24) is 0 Å². The molecule has 0 heterocycles. The van der Waals surface area contributed by atoms with E-state index >= 15 is 0 Å². The molecule has 0 unspecified atom stereocenters. The van der Waals surface area contributed by atoms with Crippen LogP contribution in [0.3, 0.4) is 0 Å². The topological polar surface area (TPSA) is 63.6 Å². The lowest BCUT2D eigenvalue weighted by atomic mass is 10.2. The molecule has 0 radical (unpaired) electrons. The van der Waals surface area contributed by atoms with Crippen LogP contribution in [-0.2, 0) is 14.3 Å². The van der Waals surface area contributed by atoms with E-state index in [1.807, 2.05) is 13.8 Å². The van der Waals surface area contributed by atoms with E-state index in [1.165, 1.54) is 11.8 Å². The number of thioether (sulfide) groups is 1. The summed E-state index contributed by atoms with van der Waals surface area (Å²) >= 11 is 5.41. The highest BCUT2D eigenvalue weighted by molar-refractivity contribution is 7.99. The molecule has 0 amide bonds. The molecule has 0 fully saturated rings. The summed E-state index contributed by atoms with van der Waals surface area (Å²) in [7, 11) is 0. The molecule has 0 spiro atoms. The number of ether oxygens (including phenoxy) is 1. The highest BCUT2D eigenvalue weighted by Gasteiger charge is 2.24. The van der Waals surface area contributed by atoms with Gasteiger partial charge in [0.15, 0.2) is 0 Å². The number of carbonyl (C=O) groups excluding carboxylic acids is 1. The van der Waals surface area contributed by atoms with Gasteiger partial charge in [0.1, 0.15) is 0 Å². The Balaban J connectivity index is 4.23.